The summed E-state index contributed by atoms with van der Waals surface area (Å²) >= 11 is 0. The molecular formula is C25H22N2O. The third kappa shape index (κ3) is 3.65. The second-order valence-electron chi connectivity index (χ2n) is 6.69. The lowest BCUT2D eigenvalue weighted by atomic mass is 10.0. The van der Waals surface area contributed by atoms with Gasteiger partial charge < -0.3 is 5.32 Å². The Labute approximate surface area is 166 Å². The van der Waals surface area contributed by atoms with Crippen molar-refractivity contribution in [2.75, 3.05) is 0 Å². The molecule has 28 heavy (non-hydrogen) atoms. The number of fused-ring (bicyclic) bond motifs is 1. The van der Waals surface area contributed by atoms with Crippen molar-refractivity contribution < 1.29 is 6.17 Å². The Morgan fingerprint density at radius 1 is 0.964 bits per heavy atom. The van der Waals surface area contributed by atoms with Crippen LogP contribution in [0.4, 0.5) is 0 Å². The molecule has 0 saturated heterocycles. The van der Waals surface area contributed by atoms with Gasteiger partial charge in [0.05, 0.1) is 24.2 Å². The highest BCUT2D eigenvalue weighted by Gasteiger charge is 2.17. The van der Waals surface area contributed by atoms with Crippen LogP contribution in [0, 0.1) is 0 Å². The fourth-order valence-corrected chi connectivity index (χ4v) is 3.37. The number of amides is 1. The first-order valence-corrected chi connectivity index (χ1v) is 9.49. The molecule has 1 N–H and O–H groups in total. The highest BCUT2D eigenvalue weighted by Crippen LogP contribution is 2.26. The lowest BCUT2D eigenvalue weighted by molar-refractivity contribution is 0.0937. The fraction of sp³-hybridized carbons (Fsp3) is 0.120. The number of nitrogens with one attached hydrogen (secondary N) is 1. The first kappa shape index (κ1) is 16.7. The van der Waals surface area contributed by atoms with Crippen LogP contribution in [0.25, 0.3) is 22.2 Å². The molecule has 1 heterocycles. The maximum Gasteiger partial charge on any atom is 0.252 e. The van der Waals surface area contributed by atoms with E-state index in [2.05, 4.69) is 10.3 Å². The molecular weight excluding hydrogens is 344 g/mol. The minimum Gasteiger partial charge on any atom is -0.345 e. The average molecular weight is 367 g/mol. The van der Waals surface area contributed by atoms with Crippen LogP contribution in [-0.4, -0.2) is 10.9 Å². The molecule has 0 unspecified atom stereocenters. The van der Waals surface area contributed by atoms with Gasteiger partial charge in [0.1, 0.15) is 0 Å². The van der Waals surface area contributed by atoms with E-state index in [0.717, 1.165) is 17.5 Å². The third-order valence-electron chi connectivity index (χ3n) is 4.84. The molecule has 4 rings (SSSR count). The molecule has 0 spiro atoms. The monoisotopic (exact) mass is 367 g/mol. The molecule has 0 aliphatic heterocycles. The van der Waals surface area contributed by atoms with Crippen molar-refractivity contribution in [3.8, 4) is 11.3 Å². The van der Waals surface area contributed by atoms with Gasteiger partial charge in [-0.3, -0.25) is 4.79 Å². The van der Waals surface area contributed by atoms with Crippen molar-refractivity contribution in [1.82, 2.24) is 10.3 Å². The van der Waals surface area contributed by atoms with Gasteiger partial charge in [0, 0.05) is 10.9 Å². The van der Waals surface area contributed by atoms with E-state index in [1.54, 1.807) is 0 Å². The summed E-state index contributed by atoms with van der Waals surface area (Å²) in [6, 6.07) is 27.0. The Morgan fingerprint density at radius 3 is 2.32 bits per heavy atom. The molecule has 3 heteroatoms. The van der Waals surface area contributed by atoms with Crippen LogP contribution in [0.5, 0.6) is 0 Å². The number of carbonyl (C=O) groups excluding carboxylic acids is 1. The van der Waals surface area contributed by atoms with Crippen LogP contribution in [0.2, 0.25) is 0 Å². The molecule has 3 aromatic carbocycles. The van der Waals surface area contributed by atoms with Crippen molar-refractivity contribution in [2.24, 2.45) is 0 Å². The highest BCUT2D eigenvalue weighted by molar-refractivity contribution is 6.07. The summed E-state index contributed by atoms with van der Waals surface area (Å²) in [5.41, 5.74) is 3.47. The third-order valence-corrected chi connectivity index (χ3v) is 4.84. The Hall–Kier alpha value is -3.46. The van der Waals surface area contributed by atoms with Gasteiger partial charge in [0.15, 0.2) is 0 Å². The number of carbonyl (C=O) groups is 1. The summed E-state index contributed by atoms with van der Waals surface area (Å²) < 4.78 is 8.78. The summed E-state index contributed by atoms with van der Waals surface area (Å²) in [4.78, 5) is 18.0. The molecule has 1 atom stereocenters. The Bertz CT molecular complexity index is 1140. The number of para-hydroxylation sites is 1. The van der Waals surface area contributed by atoms with Gasteiger partial charge >= 0.3 is 0 Å². The largest absolute Gasteiger partial charge is 0.345 e. The molecule has 0 fully saturated rings. The van der Waals surface area contributed by atoms with E-state index in [9.17, 15) is 4.79 Å². The van der Waals surface area contributed by atoms with Crippen molar-refractivity contribution in [3.05, 3.63) is 102 Å². The topological polar surface area (TPSA) is 42.0 Å². The summed E-state index contributed by atoms with van der Waals surface area (Å²) in [5.74, 6) is -0.249. The van der Waals surface area contributed by atoms with Gasteiger partial charge in [0.2, 0.25) is 0 Å². The van der Waals surface area contributed by atoms with Crippen LogP contribution < -0.4 is 5.32 Å². The zero-order valence-electron chi connectivity index (χ0n) is 16.7. The summed E-state index contributed by atoms with van der Waals surface area (Å²) in [7, 11) is 0. The minimum atomic E-state index is -0.249. The Balaban J connectivity index is 1.82. The van der Waals surface area contributed by atoms with Crippen LogP contribution >= 0.6 is 0 Å². The van der Waals surface area contributed by atoms with Crippen molar-refractivity contribution in [2.45, 2.75) is 19.4 Å². The number of hydrogen-bond acceptors (Lipinski definition) is 2. The van der Waals surface area contributed by atoms with Gasteiger partial charge in [-0.1, -0.05) is 85.8 Å². The lowest BCUT2D eigenvalue weighted by Gasteiger charge is -2.18. The Morgan fingerprint density at radius 2 is 1.61 bits per heavy atom. The highest BCUT2D eigenvalue weighted by atomic mass is 16.1. The molecule has 3 nitrogen and oxygen atoms in total. The summed E-state index contributed by atoms with van der Waals surface area (Å²) in [6.45, 7) is 2.04. The average Bonchev–Trinajstić information content (AvgIpc) is 2.78. The van der Waals surface area contributed by atoms with Crippen molar-refractivity contribution in [3.63, 3.8) is 0 Å². The first-order valence-electron chi connectivity index (χ1n) is 9.99. The molecule has 0 radical (unpaired) electrons. The van der Waals surface area contributed by atoms with E-state index < -0.39 is 0 Å². The zero-order chi connectivity index (χ0) is 20.2. The van der Waals surface area contributed by atoms with E-state index in [1.807, 2.05) is 91.9 Å². The number of nitrogens with zero attached hydrogens (tertiary/aromatic N) is 1. The molecule has 138 valence electrons. The van der Waals surface area contributed by atoms with Crippen LogP contribution in [0.15, 0.2) is 91.0 Å². The van der Waals surface area contributed by atoms with E-state index in [4.69, 9.17) is 1.37 Å². The van der Waals surface area contributed by atoms with E-state index in [-0.39, 0.29) is 18.0 Å². The number of pyridine rings is 1. The van der Waals surface area contributed by atoms with Gasteiger partial charge in [-0.25, -0.2) is 4.98 Å². The minimum absolute atomic E-state index is 0.116. The number of rotatable bonds is 5. The van der Waals surface area contributed by atoms with Gasteiger partial charge in [0.25, 0.3) is 5.91 Å². The van der Waals surface area contributed by atoms with Crippen LogP contribution in [0.1, 0.15) is 36.7 Å². The standard InChI is InChI=1S/C25H22N2O/c1-2-22(18-11-5-3-6-12-18)27-25(28)21-17-24(19-13-7-4-8-14-19)26-23-16-10-9-15-20(21)23/h3-17,22H,2H2,1H3,(H,27,28)/t22-/m0/s1/i17D. The lowest BCUT2D eigenvalue weighted by Crippen LogP contribution is -2.28. The molecule has 1 aromatic heterocycles. The SMILES string of the molecule is [2H]c1c(-c2ccccc2)nc2ccccc2c1C(=O)N[C@@H](CC)c1ccccc1. The molecule has 4 aromatic rings. The normalized spacial score (nSPS) is 12.4. The van der Waals surface area contributed by atoms with Crippen molar-refractivity contribution in [1.29, 1.82) is 0 Å². The second kappa shape index (κ2) is 8.05. The smallest absolute Gasteiger partial charge is 0.252 e. The van der Waals surface area contributed by atoms with E-state index in [1.165, 1.54) is 0 Å². The molecule has 0 bridgehead atoms. The molecule has 1 amide bonds. The number of benzene rings is 3. The Kier molecular flexibility index (Phi) is 4.80. The maximum atomic E-state index is 13.3. The van der Waals surface area contributed by atoms with Crippen LogP contribution in [0.3, 0.4) is 0 Å². The molecule has 0 saturated carbocycles. The summed E-state index contributed by atoms with van der Waals surface area (Å²) in [6.07, 6.45) is 0.762. The first-order chi connectivity index (χ1) is 14.2. The van der Waals surface area contributed by atoms with Gasteiger partial charge in [-0.15, -0.1) is 0 Å². The van der Waals surface area contributed by atoms with Gasteiger partial charge in [-0.2, -0.15) is 0 Å². The van der Waals surface area contributed by atoms with E-state index >= 15 is 0 Å². The number of aromatic nitrogens is 1. The predicted molar refractivity (Wildman–Crippen MR) is 114 cm³/mol. The zero-order valence-corrected chi connectivity index (χ0v) is 15.7. The van der Waals surface area contributed by atoms with Crippen LogP contribution in [-0.2, 0) is 0 Å². The fourth-order valence-electron chi connectivity index (χ4n) is 3.37. The molecule has 0 aliphatic rings. The summed E-state index contributed by atoms with van der Waals surface area (Å²) in [5, 5.41) is 3.82. The molecule has 0 aliphatic carbocycles. The maximum absolute atomic E-state index is 13.3. The van der Waals surface area contributed by atoms with E-state index in [0.29, 0.717) is 22.2 Å². The quantitative estimate of drug-likeness (QED) is 0.485. The number of hydrogen-bond donors (Lipinski definition) is 1. The predicted octanol–water partition coefficient (Wildman–Crippen LogP) is 5.78. The van der Waals surface area contributed by atoms with Gasteiger partial charge in [-0.05, 0) is 24.1 Å². The van der Waals surface area contributed by atoms with Crippen molar-refractivity contribution >= 4 is 16.8 Å². The second-order valence-corrected chi connectivity index (χ2v) is 6.69.